The summed E-state index contributed by atoms with van der Waals surface area (Å²) in [5, 5.41) is 0. The maximum Gasteiger partial charge on any atom is 2.00 e. The molecule has 0 aliphatic heterocycles. The summed E-state index contributed by atoms with van der Waals surface area (Å²) in [5.41, 5.74) is 5.98. The van der Waals surface area contributed by atoms with Gasteiger partial charge in [-0.25, -0.2) is 0 Å². The van der Waals surface area contributed by atoms with Crippen molar-refractivity contribution in [2.24, 2.45) is 7.05 Å². The third-order valence-corrected chi connectivity index (χ3v) is 5.69. The quantitative estimate of drug-likeness (QED) is 0.202. The summed E-state index contributed by atoms with van der Waals surface area (Å²) in [5.74, 6) is 2.08. The monoisotopic (exact) mass is 626 g/mol. The molecule has 0 saturated carbocycles. The van der Waals surface area contributed by atoms with Crippen molar-refractivity contribution >= 4 is 11.0 Å². The summed E-state index contributed by atoms with van der Waals surface area (Å²) in [4.78, 5) is 9.32. The fourth-order valence-electron chi connectivity index (χ4n) is 3.84. The number of para-hydroxylation sites is 2. The van der Waals surface area contributed by atoms with Crippen LogP contribution in [-0.4, -0.2) is 14.5 Å². The van der Waals surface area contributed by atoms with Gasteiger partial charge in [0.2, 0.25) is 0 Å². The van der Waals surface area contributed by atoms with Gasteiger partial charge in [-0.1, -0.05) is 51.1 Å². The maximum absolute atomic E-state index is 6.14. The van der Waals surface area contributed by atoms with Crippen LogP contribution in [0.1, 0.15) is 26.3 Å². The first-order chi connectivity index (χ1) is 15.9. The topological polar surface area (TPSA) is 39.9 Å². The van der Waals surface area contributed by atoms with Gasteiger partial charge in [0.1, 0.15) is 0 Å². The number of ether oxygens (including phenoxy) is 1. The van der Waals surface area contributed by atoms with Crippen molar-refractivity contribution in [2.75, 3.05) is 0 Å². The van der Waals surface area contributed by atoms with Gasteiger partial charge >= 0.3 is 21.1 Å². The summed E-state index contributed by atoms with van der Waals surface area (Å²) < 4.78 is 8.21. The molecule has 0 spiro atoms. The van der Waals surface area contributed by atoms with Crippen LogP contribution in [0, 0.1) is 12.1 Å². The van der Waals surface area contributed by atoms with E-state index >= 15 is 0 Å². The summed E-state index contributed by atoms with van der Waals surface area (Å²) in [6.45, 7) is 6.59. The molecule has 34 heavy (non-hydrogen) atoms. The zero-order valence-electron chi connectivity index (χ0n) is 19.6. The molecule has 5 aromatic rings. The number of hydrogen-bond acceptors (Lipinski definition) is 3. The van der Waals surface area contributed by atoms with Crippen LogP contribution in [0.5, 0.6) is 11.5 Å². The van der Waals surface area contributed by atoms with Crippen LogP contribution in [0.2, 0.25) is 0 Å². The van der Waals surface area contributed by atoms with E-state index in [0.717, 1.165) is 33.7 Å². The molecule has 4 nitrogen and oxygen atoms in total. The van der Waals surface area contributed by atoms with E-state index in [4.69, 9.17) is 9.72 Å². The number of nitrogens with zero attached hydrogens (tertiary/aromatic N) is 3. The van der Waals surface area contributed by atoms with E-state index in [2.05, 4.69) is 60.7 Å². The van der Waals surface area contributed by atoms with Gasteiger partial charge in [0.05, 0.1) is 16.9 Å². The first-order valence-electron chi connectivity index (χ1n) is 11.0. The Kier molecular flexibility index (Phi) is 6.72. The third-order valence-electron chi connectivity index (χ3n) is 5.69. The molecule has 2 heterocycles. The second-order valence-electron chi connectivity index (χ2n) is 9.12. The minimum absolute atomic E-state index is 0. The van der Waals surface area contributed by atoms with Crippen molar-refractivity contribution in [3.05, 3.63) is 96.7 Å². The van der Waals surface area contributed by atoms with E-state index in [1.807, 2.05) is 67.8 Å². The van der Waals surface area contributed by atoms with E-state index in [9.17, 15) is 0 Å². The van der Waals surface area contributed by atoms with Gasteiger partial charge in [-0.2, -0.15) is 0 Å². The van der Waals surface area contributed by atoms with E-state index in [0.29, 0.717) is 11.5 Å². The molecule has 0 atom stereocenters. The smallest absolute Gasteiger partial charge is 0.497 e. The Morgan fingerprint density at radius 2 is 1.50 bits per heavy atom. The molecular formula is C29H25N3OPt. The van der Waals surface area contributed by atoms with Crippen LogP contribution in [0.4, 0.5) is 0 Å². The predicted molar refractivity (Wildman–Crippen MR) is 132 cm³/mol. The predicted octanol–water partition coefficient (Wildman–Crippen LogP) is 6.99. The molecule has 0 aliphatic rings. The minimum Gasteiger partial charge on any atom is -0.497 e. The van der Waals surface area contributed by atoms with Crippen LogP contribution in [0.25, 0.3) is 33.7 Å². The number of rotatable bonds is 4. The Hall–Kier alpha value is -3.23. The van der Waals surface area contributed by atoms with Gasteiger partial charge < -0.3 is 14.3 Å². The van der Waals surface area contributed by atoms with E-state index in [-0.39, 0.29) is 26.5 Å². The minimum atomic E-state index is 0. The number of hydrogen-bond donors (Lipinski definition) is 0. The van der Waals surface area contributed by atoms with Crippen molar-refractivity contribution < 1.29 is 25.8 Å². The zero-order chi connectivity index (χ0) is 23.0. The number of aryl methyl sites for hydroxylation is 1. The standard InChI is InChI=1S/C29H25N3O.Pt/c1-29(2,3)22-15-16-30-26(19-22)20-9-7-11-23(17-20)33-24-12-8-10-21(18-24)28-31-25-13-5-6-14-27(25)32(28)4;/h5-16,19H,1-4H3;/q-2;+2. The number of imidazole rings is 1. The Bertz CT molecular complexity index is 1450. The average molecular weight is 627 g/mol. The molecule has 5 rings (SSSR count). The molecule has 0 saturated heterocycles. The van der Waals surface area contributed by atoms with Gasteiger partial charge in [-0.15, -0.1) is 47.5 Å². The number of benzene rings is 3. The summed E-state index contributed by atoms with van der Waals surface area (Å²) in [7, 11) is 2.02. The Balaban J connectivity index is 0.00000274. The molecule has 0 amide bonds. The first kappa shape index (κ1) is 23.9. The van der Waals surface area contributed by atoms with Crippen molar-refractivity contribution in [1.82, 2.24) is 14.5 Å². The van der Waals surface area contributed by atoms with Crippen LogP contribution in [-0.2, 0) is 33.5 Å². The fourth-order valence-corrected chi connectivity index (χ4v) is 3.84. The molecule has 3 aromatic carbocycles. The molecule has 0 radical (unpaired) electrons. The number of fused-ring (bicyclic) bond motifs is 1. The number of aromatic nitrogens is 3. The molecule has 172 valence electrons. The summed E-state index contributed by atoms with van der Waals surface area (Å²) in [6.07, 6.45) is 1.85. The zero-order valence-corrected chi connectivity index (χ0v) is 21.8. The van der Waals surface area contributed by atoms with E-state index < -0.39 is 0 Å². The van der Waals surface area contributed by atoms with Gasteiger partial charge in [0.15, 0.2) is 0 Å². The van der Waals surface area contributed by atoms with Gasteiger partial charge in [-0.05, 0) is 34.9 Å². The van der Waals surface area contributed by atoms with Crippen LogP contribution in [0.15, 0.2) is 79.0 Å². The maximum atomic E-state index is 6.14. The largest absolute Gasteiger partial charge is 2.00 e. The third kappa shape index (κ3) is 4.83. The Morgan fingerprint density at radius 3 is 2.21 bits per heavy atom. The van der Waals surface area contributed by atoms with Crippen LogP contribution in [0.3, 0.4) is 0 Å². The fraction of sp³-hybridized carbons (Fsp3) is 0.172. The van der Waals surface area contributed by atoms with E-state index in [1.54, 1.807) is 0 Å². The van der Waals surface area contributed by atoms with Crippen molar-refractivity contribution in [3.8, 4) is 34.1 Å². The Labute approximate surface area is 214 Å². The van der Waals surface area contributed by atoms with Crippen molar-refractivity contribution in [3.63, 3.8) is 0 Å². The summed E-state index contributed by atoms with van der Waals surface area (Å²) >= 11 is 0. The molecule has 2 aromatic heterocycles. The number of pyridine rings is 1. The molecule has 5 heteroatoms. The molecule has 0 aliphatic carbocycles. The molecular weight excluding hydrogens is 601 g/mol. The first-order valence-corrected chi connectivity index (χ1v) is 11.0. The van der Waals surface area contributed by atoms with Crippen LogP contribution >= 0.6 is 0 Å². The van der Waals surface area contributed by atoms with Gasteiger partial charge in [0.25, 0.3) is 0 Å². The van der Waals surface area contributed by atoms with Crippen molar-refractivity contribution in [2.45, 2.75) is 26.2 Å². The summed E-state index contributed by atoms with van der Waals surface area (Å²) in [6, 6.07) is 30.7. The van der Waals surface area contributed by atoms with E-state index in [1.165, 1.54) is 5.56 Å². The van der Waals surface area contributed by atoms with Gasteiger partial charge in [0, 0.05) is 24.7 Å². The molecule has 0 unspecified atom stereocenters. The van der Waals surface area contributed by atoms with Crippen LogP contribution < -0.4 is 4.74 Å². The van der Waals surface area contributed by atoms with Gasteiger partial charge in [-0.3, -0.25) is 4.98 Å². The average Bonchev–Trinajstić information content (AvgIpc) is 3.16. The second kappa shape index (κ2) is 9.56. The molecule has 0 N–H and O–H groups in total. The second-order valence-corrected chi connectivity index (χ2v) is 9.12. The normalized spacial score (nSPS) is 11.3. The molecule has 0 bridgehead atoms. The SMILES string of the molecule is Cn1c(-c2[c-]c(Oc3[c-]c(-c4cc(C(C)(C)C)ccn4)ccc3)ccc2)nc2ccccc21.[Pt+2]. The molecule has 0 fully saturated rings. The Morgan fingerprint density at radius 1 is 0.824 bits per heavy atom. The van der Waals surface area contributed by atoms with Crippen molar-refractivity contribution in [1.29, 1.82) is 0 Å².